The van der Waals surface area contributed by atoms with Gasteiger partial charge in [-0.3, -0.25) is 29.1 Å². The molecule has 0 fully saturated rings. The third-order valence-corrected chi connectivity index (χ3v) is 3.78. The molecule has 0 spiro atoms. The summed E-state index contributed by atoms with van der Waals surface area (Å²) in [7, 11) is 1.38. The minimum Gasteiger partial charge on any atom is -0.495 e. The molecule has 1 aromatic heterocycles. The van der Waals surface area contributed by atoms with Crippen LogP contribution in [-0.2, 0) is 0 Å². The van der Waals surface area contributed by atoms with Crippen molar-refractivity contribution in [2.45, 2.75) is 6.92 Å². The van der Waals surface area contributed by atoms with Crippen molar-refractivity contribution in [2.24, 2.45) is 0 Å². The van der Waals surface area contributed by atoms with Crippen LogP contribution in [0, 0.1) is 0 Å². The summed E-state index contributed by atoms with van der Waals surface area (Å²) in [5.41, 5.74) is 5.92. The van der Waals surface area contributed by atoms with Crippen LogP contribution in [0.1, 0.15) is 38.0 Å². The SMILES string of the molecule is COc1cc(C(C)=O)ccc1-n1c(N)c2c(cc1=O)C(=O)NC2=O. The first-order valence-corrected chi connectivity index (χ1v) is 6.95. The summed E-state index contributed by atoms with van der Waals surface area (Å²) in [6, 6.07) is 5.53. The third kappa shape index (κ3) is 2.16. The van der Waals surface area contributed by atoms with Crippen LogP contribution in [-0.4, -0.2) is 29.3 Å². The first-order valence-electron chi connectivity index (χ1n) is 6.95. The van der Waals surface area contributed by atoms with E-state index in [9.17, 15) is 19.2 Å². The van der Waals surface area contributed by atoms with Gasteiger partial charge in [-0.25, -0.2) is 0 Å². The van der Waals surface area contributed by atoms with Crippen LogP contribution < -0.4 is 21.3 Å². The molecule has 2 aromatic rings. The number of hydrogen-bond acceptors (Lipinski definition) is 6. The zero-order chi connectivity index (χ0) is 17.6. The van der Waals surface area contributed by atoms with Crippen LogP contribution in [0.4, 0.5) is 5.82 Å². The highest BCUT2D eigenvalue weighted by Crippen LogP contribution is 2.28. The molecule has 1 aliphatic heterocycles. The summed E-state index contributed by atoms with van der Waals surface area (Å²) in [5, 5.41) is 2.10. The van der Waals surface area contributed by atoms with Gasteiger partial charge in [0.05, 0.1) is 23.9 Å². The van der Waals surface area contributed by atoms with Crippen LogP contribution in [0.3, 0.4) is 0 Å². The molecule has 8 nitrogen and oxygen atoms in total. The minimum absolute atomic E-state index is 0.0573. The second kappa shape index (κ2) is 5.34. The molecule has 8 heteroatoms. The highest BCUT2D eigenvalue weighted by atomic mass is 16.5. The summed E-state index contributed by atoms with van der Waals surface area (Å²) in [4.78, 5) is 47.5. The lowest BCUT2D eigenvalue weighted by Crippen LogP contribution is -2.24. The number of nitrogens with one attached hydrogen (secondary N) is 1. The molecule has 0 bridgehead atoms. The Morgan fingerprint density at radius 1 is 1.17 bits per heavy atom. The number of rotatable bonds is 3. The van der Waals surface area contributed by atoms with E-state index in [0.717, 1.165) is 10.6 Å². The number of ketones is 1. The van der Waals surface area contributed by atoms with Crippen molar-refractivity contribution in [3.63, 3.8) is 0 Å². The molecule has 2 amide bonds. The Balaban J connectivity index is 2.31. The van der Waals surface area contributed by atoms with Crippen molar-refractivity contribution in [1.82, 2.24) is 9.88 Å². The molecule has 0 saturated carbocycles. The van der Waals surface area contributed by atoms with Gasteiger partial charge in [0, 0.05) is 11.6 Å². The molecule has 1 aliphatic rings. The van der Waals surface area contributed by atoms with E-state index in [1.807, 2.05) is 0 Å². The Morgan fingerprint density at radius 3 is 2.50 bits per heavy atom. The number of benzene rings is 1. The standard InChI is InChI=1S/C16H13N3O5/c1-7(20)8-3-4-10(11(5-8)24-2)19-12(21)6-9-13(14(19)17)16(23)18-15(9)22/h3-6H,17H2,1-2H3,(H,18,22,23). The number of carbonyl (C=O) groups excluding carboxylic acids is 3. The molecular formula is C16H13N3O5. The largest absolute Gasteiger partial charge is 0.495 e. The number of anilines is 1. The number of Topliss-reactive ketones (excluding diaryl/α,β-unsaturated/α-hetero) is 1. The molecule has 122 valence electrons. The predicted octanol–water partition coefficient (Wildman–Crippen LogP) is 0.514. The fraction of sp³-hybridized carbons (Fsp3) is 0.125. The van der Waals surface area contributed by atoms with Crippen molar-refractivity contribution >= 4 is 23.4 Å². The summed E-state index contributed by atoms with van der Waals surface area (Å²) < 4.78 is 6.30. The van der Waals surface area contributed by atoms with E-state index in [1.54, 1.807) is 0 Å². The van der Waals surface area contributed by atoms with Gasteiger partial charge in [0.25, 0.3) is 17.4 Å². The van der Waals surface area contributed by atoms with E-state index in [1.165, 1.54) is 32.2 Å². The number of imide groups is 1. The van der Waals surface area contributed by atoms with Gasteiger partial charge in [-0.2, -0.15) is 0 Å². The van der Waals surface area contributed by atoms with E-state index in [4.69, 9.17) is 10.5 Å². The first-order chi connectivity index (χ1) is 11.3. The van der Waals surface area contributed by atoms with Crippen LogP contribution in [0.25, 0.3) is 5.69 Å². The maximum absolute atomic E-state index is 12.4. The van der Waals surface area contributed by atoms with Crippen molar-refractivity contribution in [3.8, 4) is 11.4 Å². The van der Waals surface area contributed by atoms with Crippen LogP contribution in [0.2, 0.25) is 0 Å². The molecule has 3 rings (SSSR count). The zero-order valence-corrected chi connectivity index (χ0v) is 12.9. The molecule has 1 aromatic carbocycles. The number of nitrogens with zero attached hydrogens (tertiary/aromatic N) is 1. The van der Waals surface area contributed by atoms with Crippen LogP contribution >= 0.6 is 0 Å². The van der Waals surface area contributed by atoms with Gasteiger partial charge in [0.15, 0.2) is 5.78 Å². The number of methoxy groups -OCH3 is 1. The first kappa shape index (κ1) is 15.5. The molecule has 0 unspecified atom stereocenters. The van der Waals surface area contributed by atoms with Crippen molar-refractivity contribution in [1.29, 1.82) is 0 Å². The van der Waals surface area contributed by atoms with E-state index >= 15 is 0 Å². The molecule has 24 heavy (non-hydrogen) atoms. The van der Waals surface area contributed by atoms with Crippen molar-refractivity contribution < 1.29 is 19.1 Å². The number of carbonyl (C=O) groups is 3. The second-order valence-electron chi connectivity index (χ2n) is 5.22. The number of hydrogen-bond donors (Lipinski definition) is 2. The molecular weight excluding hydrogens is 314 g/mol. The number of amides is 2. The Bertz CT molecular complexity index is 974. The average Bonchev–Trinajstić information content (AvgIpc) is 2.81. The summed E-state index contributed by atoms with van der Waals surface area (Å²) in [6.45, 7) is 1.40. The number of ether oxygens (including phenoxy) is 1. The Hall–Kier alpha value is -3.42. The number of nitrogens with two attached hydrogens (primary N) is 1. The quantitative estimate of drug-likeness (QED) is 0.626. The molecule has 0 aliphatic carbocycles. The number of aromatic nitrogens is 1. The number of pyridine rings is 1. The topological polar surface area (TPSA) is 120 Å². The summed E-state index contributed by atoms with van der Waals surface area (Å²) >= 11 is 0. The smallest absolute Gasteiger partial charge is 0.262 e. The average molecular weight is 327 g/mol. The van der Waals surface area contributed by atoms with Crippen LogP contribution in [0.5, 0.6) is 5.75 Å². The van der Waals surface area contributed by atoms with Gasteiger partial charge in [-0.1, -0.05) is 0 Å². The summed E-state index contributed by atoms with van der Waals surface area (Å²) in [5.74, 6) is -1.43. The second-order valence-corrected chi connectivity index (χ2v) is 5.22. The zero-order valence-electron chi connectivity index (χ0n) is 12.9. The van der Waals surface area contributed by atoms with E-state index in [0.29, 0.717) is 5.56 Å². The minimum atomic E-state index is -0.666. The molecule has 0 saturated heterocycles. The fourth-order valence-electron chi connectivity index (χ4n) is 2.61. The van der Waals surface area contributed by atoms with E-state index in [-0.39, 0.29) is 34.2 Å². The fourth-order valence-corrected chi connectivity index (χ4v) is 2.61. The van der Waals surface area contributed by atoms with Crippen molar-refractivity contribution in [2.75, 3.05) is 12.8 Å². The maximum Gasteiger partial charge on any atom is 0.262 e. The molecule has 0 radical (unpaired) electrons. The van der Waals surface area contributed by atoms with E-state index in [2.05, 4.69) is 5.32 Å². The monoisotopic (exact) mass is 327 g/mol. The third-order valence-electron chi connectivity index (χ3n) is 3.78. The lowest BCUT2D eigenvalue weighted by molar-refractivity contribution is 0.0879. The van der Waals surface area contributed by atoms with Crippen molar-refractivity contribution in [3.05, 3.63) is 51.3 Å². The van der Waals surface area contributed by atoms with E-state index < -0.39 is 17.4 Å². The predicted molar refractivity (Wildman–Crippen MR) is 84.8 cm³/mol. The van der Waals surface area contributed by atoms with Gasteiger partial charge in [0.1, 0.15) is 11.6 Å². The van der Waals surface area contributed by atoms with Gasteiger partial charge in [-0.05, 0) is 25.1 Å². The Kier molecular flexibility index (Phi) is 3.44. The van der Waals surface area contributed by atoms with Gasteiger partial charge in [0.2, 0.25) is 0 Å². The Morgan fingerprint density at radius 2 is 1.88 bits per heavy atom. The Labute approximate surface area is 135 Å². The lowest BCUT2D eigenvalue weighted by Gasteiger charge is -2.15. The normalized spacial score (nSPS) is 12.8. The molecule has 0 atom stereocenters. The number of nitrogen functional groups attached to an aromatic ring is 1. The highest BCUT2D eigenvalue weighted by molar-refractivity contribution is 6.23. The maximum atomic E-state index is 12.4. The lowest BCUT2D eigenvalue weighted by atomic mass is 10.1. The summed E-state index contributed by atoms with van der Waals surface area (Å²) in [6.07, 6.45) is 0. The molecule has 3 N–H and O–H groups in total. The molecule has 2 heterocycles. The highest BCUT2D eigenvalue weighted by Gasteiger charge is 2.32. The van der Waals surface area contributed by atoms with Gasteiger partial charge in [-0.15, -0.1) is 0 Å². The van der Waals surface area contributed by atoms with Gasteiger partial charge >= 0.3 is 0 Å². The van der Waals surface area contributed by atoms with Crippen LogP contribution in [0.15, 0.2) is 29.1 Å². The number of fused-ring (bicyclic) bond motifs is 1. The van der Waals surface area contributed by atoms with Gasteiger partial charge < -0.3 is 10.5 Å².